The highest BCUT2D eigenvalue weighted by Gasteiger charge is 2.39. The fourth-order valence-electron chi connectivity index (χ4n) is 2.27. The molecule has 2 amide bonds. The van der Waals surface area contributed by atoms with Crippen LogP contribution in [0, 0.1) is 5.92 Å². The number of hydrogen-bond donors (Lipinski definition) is 1. The summed E-state index contributed by atoms with van der Waals surface area (Å²) in [6, 6.07) is -0.594. The Labute approximate surface area is 163 Å². The summed E-state index contributed by atoms with van der Waals surface area (Å²) in [6.45, 7) is 13.8. The number of nitrogens with zero attached hydrogens (tertiary/aromatic N) is 1. The molecule has 0 saturated carbocycles. The van der Waals surface area contributed by atoms with Crippen LogP contribution >= 0.6 is 0 Å². The number of carbonyl (C=O) groups is 2. The topological polar surface area (TPSA) is 94.5 Å². The molecular weight excluding hydrogens is 354 g/mol. The summed E-state index contributed by atoms with van der Waals surface area (Å²) in [5.41, 5.74) is -1.55. The summed E-state index contributed by atoms with van der Waals surface area (Å²) in [5.74, 6) is -0.120. The van der Waals surface area contributed by atoms with E-state index >= 15 is 0 Å². The lowest BCUT2D eigenvalue weighted by atomic mass is 9.96. The minimum atomic E-state index is -0.793. The predicted octanol–water partition coefficient (Wildman–Crippen LogP) is 3.55. The van der Waals surface area contributed by atoms with E-state index in [9.17, 15) is 14.7 Å². The van der Waals surface area contributed by atoms with Crippen LogP contribution in [0.1, 0.15) is 61.8 Å². The van der Waals surface area contributed by atoms with Crippen LogP contribution in [-0.2, 0) is 18.9 Å². The van der Waals surface area contributed by atoms with E-state index < -0.39 is 35.5 Å². The van der Waals surface area contributed by atoms with Crippen LogP contribution in [0.4, 0.5) is 9.59 Å². The van der Waals surface area contributed by atoms with E-state index in [2.05, 4.69) is 0 Å². The molecule has 0 radical (unpaired) electrons. The second-order valence-electron chi connectivity index (χ2n) is 8.76. The van der Waals surface area contributed by atoms with Crippen molar-refractivity contribution in [1.82, 2.24) is 4.90 Å². The van der Waals surface area contributed by atoms with Crippen molar-refractivity contribution in [3.05, 3.63) is 0 Å². The number of aliphatic hydroxyl groups is 1. The molecule has 0 aliphatic heterocycles. The largest absolute Gasteiger partial charge is 0.443 e. The third-order valence-corrected chi connectivity index (χ3v) is 3.41. The lowest BCUT2D eigenvalue weighted by Crippen LogP contribution is -2.52. The van der Waals surface area contributed by atoms with Crippen LogP contribution in [0.2, 0.25) is 0 Å². The molecule has 0 fully saturated rings. The summed E-state index contributed by atoms with van der Waals surface area (Å²) >= 11 is 0. The molecule has 1 N–H and O–H groups in total. The highest BCUT2D eigenvalue weighted by molar-refractivity contribution is 5.88. The Balaban J connectivity index is 5.70. The molecule has 2 atom stereocenters. The molecule has 0 aromatic rings. The zero-order valence-electron chi connectivity index (χ0n) is 18.2. The summed E-state index contributed by atoms with van der Waals surface area (Å²) in [7, 11) is 1.47. The van der Waals surface area contributed by atoms with Crippen molar-refractivity contribution >= 4 is 12.2 Å². The number of rotatable bonds is 8. The van der Waals surface area contributed by atoms with Gasteiger partial charge in [0.05, 0.1) is 18.8 Å². The van der Waals surface area contributed by atoms with Gasteiger partial charge in [-0.05, 0) is 53.9 Å². The highest BCUT2D eigenvalue weighted by Crippen LogP contribution is 2.24. The summed E-state index contributed by atoms with van der Waals surface area (Å²) < 4.78 is 21.1. The van der Waals surface area contributed by atoms with Gasteiger partial charge in [-0.1, -0.05) is 13.8 Å². The third kappa shape index (κ3) is 10.5. The summed E-state index contributed by atoms with van der Waals surface area (Å²) in [6.07, 6.45) is -1.97. The van der Waals surface area contributed by atoms with Crippen LogP contribution in [0.25, 0.3) is 0 Å². The van der Waals surface area contributed by atoms with Crippen molar-refractivity contribution in [3.63, 3.8) is 0 Å². The minimum absolute atomic E-state index is 0.00504. The first-order chi connectivity index (χ1) is 12.2. The molecule has 0 bridgehead atoms. The van der Waals surface area contributed by atoms with E-state index in [0.29, 0.717) is 0 Å². The van der Waals surface area contributed by atoms with Gasteiger partial charge in [-0.15, -0.1) is 0 Å². The Morgan fingerprint density at radius 1 is 0.963 bits per heavy atom. The van der Waals surface area contributed by atoms with Crippen molar-refractivity contribution < 1.29 is 33.6 Å². The minimum Gasteiger partial charge on any atom is -0.443 e. The lowest BCUT2D eigenvalue weighted by Gasteiger charge is -2.36. The van der Waals surface area contributed by atoms with Crippen LogP contribution in [0.5, 0.6) is 0 Å². The molecule has 0 aromatic heterocycles. The fraction of sp³-hybridized carbons (Fsp3) is 0.895. The van der Waals surface area contributed by atoms with Gasteiger partial charge in [0, 0.05) is 7.11 Å². The molecule has 0 spiro atoms. The first-order valence-electron chi connectivity index (χ1n) is 9.18. The van der Waals surface area contributed by atoms with Gasteiger partial charge in [0.2, 0.25) is 0 Å². The Hall–Kier alpha value is -1.38. The third-order valence-electron chi connectivity index (χ3n) is 3.41. The SMILES string of the molecule is COCO[C@@H](CO)C[C@H](C(C)C)N(C(=O)OC(C)(C)C)C(=O)OC(C)(C)C. The maximum absolute atomic E-state index is 12.8. The normalized spacial score (nSPS) is 14.6. The Bertz CT molecular complexity index is 438. The Morgan fingerprint density at radius 3 is 1.70 bits per heavy atom. The highest BCUT2D eigenvalue weighted by atomic mass is 16.7. The van der Waals surface area contributed by atoms with E-state index in [1.165, 1.54) is 7.11 Å². The molecule has 0 unspecified atom stereocenters. The second kappa shape index (κ2) is 10.8. The first kappa shape index (κ1) is 25.6. The number of aliphatic hydroxyl groups excluding tert-OH is 1. The average molecular weight is 392 g/mol. The number of carbonyl (C=O) groups excluding carboxylic acids is 2. The Kier molecular flexibility index (Phi) is 10.3. The maximum atomic E-state index is 12.8. The summed E-state index contributed by atoms with van der Waals surface area (Å²) in [4.78, 5) is 26.6. The number of amides is 2. The second-order valence-corrected chi connectivity index (χ2v) is 8.76. The Morgan fingerprint density at radius 2 is 1.41 bits per heavy atom. The van der Waals surface area contributed by atoms with Crippen molar-refractivity contribution in [2.24, 2.45) is 5.92 Å². The number of hydrogen-bond acceptors (Lipinski definition) is 7. The molecule has 8 heteroatoms. The predicted molar refractivity (Wildman–Crippen MR) is 101 cm³/mol. The molecule has 0 aromatic carbocycles. The van der Waals surface area contributed by atoms with Crippen molar-refractivity contribution in [2.75, 3.05) is 20.5 Å². The molecular formula is C19H37NO7. The quantitative estimate of drug-likeness (QED) is 0.632. The maximum Gasteiger partial charge on any atom is 0.420 e. The van der Waals surface area contributed by atoms with Crippen LogP contribution in [0.3, 0.4) is 0 Å². The van der Waals surface area contributed by atoms with E-state index in [4.69, 9.17) is 18.9 Å². The average Bonchev–Trinajstić information content (AvgIpc) is 2.46. The van der Waals surface area contributed by atoms with Gasteiger partial charge in [-0.2, -0.15) is 0 Å². The fourth-order valence-corrected chi connectivity index (χ4v) is 2.27. The smallest absolute Gasteiger partial charge is 0.420 e. The molecule has 0 saturated heterocycles. The zero-order valence-corrected chi connectivity index (χ0v) is 18.2. The van der Waals surface area contributed by atoms with Crippen molar-refractivity contribution in [1.29, 1.82) is 0 Å². The number of imide groups is 1. The van der Waals surface area contributed by atoms with Gasteiger partial charge in [0.15, 0.2) is 0 Å². The van der Waals surface area contributed by atoms with Crippen LogP contribution in [0.15, 0.2) is 0 Å². The molecule has 0 heterocycles. The molecule has 0 rings (SSSR count). The zero-order chi connectivity index (χ0) is 21.4. The van der Waals surface area contributed by atoms with Crippen molar-refractivity contribution in [3.8, 4) is 0 Å². The van der Waals surface area contributed by atoms with Gasteiger partial charge in [-0.3, -0.25) is 0 Å². The van der Waals surface area contributed by atoms with Crippen LogP contribution < -0.4 is 0 Å². The van der Waals surface area contributed by atoms with Crippen molar-refractivity contribution in [2.45, 2.75) is 85.2 Å². The number of ether oxygens (including phenoxy) is 4. The summed E-state index contributed by atoms with van der Waals surface area (Å²) in [5, 5.41) is 9.58. The van der Waals surface area contributed by atoms with Gasteiger partial charge in [-0.25, -0.2) is 14.5 Å². The van der Waals surface area contributed by atoms with E-state index in [-0.39, 0.29) is 25.7 Å². The standard InChI is InChI=1S/C19H37NO7/c1-13(2)15(10-14(11-21)25-12-24-9)20(16(22)26-18(3,4)5)17(23)27-19(6,7)8/h13-15,21H,10-12H2,1-9H3/t14-,15-/m1/s1. The van der Waals surface area contributed by atoms with Gasteiger partial charge < -0.3 is 24.1 Å². The molecule has 160 valence electrons. The van der Waals surface area contributed by atoms with Gasteiger partial charge >= 0.3 is 12.2 Å². The molecule has 0 aliphatic carbocycles. The number of methoxy groups -OCH3 is 1. The van der Waals surface area contributed by atoms with Gasteiger partial charge in [0.1, 0.15) is 18.0 Å². The van der Waals surface area contributed by atoms with E-state index in [1.54, 1.807) is 41.5 Å². The lowest BCUT2D eigenvalue weighted by molar-refractivity contribution is -0.0979. The molecule has 27 heavy (non-hydrogen) atoms. The molecule has 0 aliphatic rings. The molecule has 8 nitrogen and oxygen atoms in total. The van der Waals surface area contributed by atoms with E-state index in [1.807, 2.05) is 13.8 Å². The van der Waals surface area contributed by atoms with Gasteiger partial charge in [0.25, 0.3) is 0 Å². The first-order valence-corrected chi connectivity index (χ1v) is 9.18. The van der Waals surface area contributed by atoms with Crippen LogP contribution in [-0.4, -0.2) is 66.1 Å². The van der Waals surface area contributed by atoms with E-state index in [0.717, 1.165) is 4.90 Å². The monoisotopic (exact) mass is 391 g/mol.